The number of nitrogens with zero attached hydrogens (tertiary/aromatic N) is 2. The average Bonchev–Trinajstić information content (AvgIpc) is 3.14. The van der Waals surface area contributed by atoms with Crippen LogP contribution in [0.1, 0.15) is 55.4 Å². The monoisotopic (exact) mass is 287 g/mol. The Kier molecular flexibility index (Phi) is 4.03. The lowest BCUT2D eigenvalue weighted by Gasteiger charge is -2.10. The molecule has 0 spiro atoms. The van der Waals surface area contributed by atoms with E-state index in [4.69, 9.17) is 15.0 Å². The Labute approximate surface area is 124 Å². The van der Waals surface area contributed by atoms with Crippen molar-refractivity contribution in [2.24, 2.45) is 5.73 Å². The smallest absolute Gasteiger partial charge is 0.230 e. The highest BCUT2D eigenvalue weighted by atomic mass is 16.5. The van der Waals surface area contributed by atoms with E-state index in [0.29, 0.717) is 30.2 Å². The minimum Gasteiger partial charge on any atom is -0.377 e. The van der Waals surface area contributed by atoms with Gasteiger partial charge in [0.05, 0.1) is 18.8 Å². The molecule has 2 N–H and O–H groups in total. The average molecular weight is 287 g/mol. The zero-order valence-electron chi connectivity index (χ0n) is 12.4. The van der Waals surface area contributed by atoms with Crippen LogP contribution in [-0.2, 0) is 4.74 Å². The van der Waals surface area contributed by atoms with Crippen LogP contribution in [0, 0.1) is 0 Å². The number of ether oxygens (including phenoxy) is 1. The van der Waals surface area contributed by atoms with Crippen LogP contribution >= 0.6 is 0 Å². The third-order valence-corrected chi connectivity index (χ3v) is 3.73. The number of benzene rings is 1. The van der Waals surface area contributed by atoms with Gasteiger partial charge in [0.15, 0.2) is 5.82 Å². The SMILES string of the molecule is CC(C)OCC(N)c1noc(C2CC2c2ccccc2)n1. The Morgan fingerprint density at radius 3 is 2.76 bits per heavy atom. The molecule has 0 bridgehead atoms. The molecule has 1 heterocycles. The topological polar surface area (TPSA) is 74.2 Å². The Hall–Kier alpha value is -1.72. The van der Waals surface area contributed by atoms with Crippen LogP contribution in [0.15, 0.2) is 34.9 Å². The van der Waals surface area contributed by atoms with E-state index in [1.807, 2.05) is 19.9 Å². The van der Waals surface area contributed by atoms with Gasteiger partial charge in [-0.25, -0.2) is 0 Å². The molecule has 1 fully saturated rings. The second-order valence-corrected chi connectivity index (χ2v) is 5.84. The number of aromatic nitrogens is 2. The molecular formula is C16H21N3O2. The van der Waals surface area contributed by atoms with Crippen LogP contribution in [0.3, 0.4) is 0 Å². The fraction of sp³-hybridized carbons (Fsp3) is 0.500. The molecule has 1 aromatic heterocycles. The lowest BCUT2D eigenvalue weighted by Crippen LogP contribution is -2.20. The molecule has 5 nitrogen and oxygen atoms in total. The van der Waals surface area contributed by atoms with Crippen LogP contribution in [0.5, 0.6) is 0 Å². The number of nitrogens with two attached hydrogens (primary N) is 1. The van der Waals surface area contributed by atoms with E-state index in [1.165, 1.54) is 5.56 Å². The first kappa shape index (κ1) is 14.2. The number of hydrogen-bond donors (Lipinski definition) is 1. The number of rotatable bonds is 6. The first-order chi connectivity index (χ1) is 10.1. The predicted octanol–water partition coefficient (Wildman–Crippen LogP) is 2.77. The van der Waals surface area contributed by atoms with Crippen molar-refractivity contribution in [3.05, 3.63) is 47.6 Å². The normalized spacial score (nSPS) is 22.5. The number of hydrogen-bond acceptors (Lipinski definition) is 5. The van der Waals surface area contributed by atoms with Crippen molar-refractivity contribution in [1.29, 1.82) is 0 Å². The Bertz CT molecular complexity index is 582. The van der Waals surface area contributed by atoms with Crippen molar-refractivity contribution in [2.45, 2.75) is 44.2 Å². The van der Waals surface area contributed by atoms with Crippen LogP contribution < -0.4 is 5.73 Å². The van der Waals surface area contributed by atoms with E-state index in [0.717, 1.165) is 6.42 Å². The molecule has 0 saturated heterocycles. The summed E-state index contributed by atoms with van der Waals surface area (Å²) >= 11 is 0. The summed E-state index contributed by atoms with van der Waals surface area (Å²) in [5.74, 6) is 2.04. The summed E-state index contributed by atoms with van der Waals surface area (Å²) in [6.45, 7) is 4.36. The van der Waals surface area contributed by atoms with Crippen molar-refractivity contribution in [3.8, 4) is 0 Å². The van der Waals surface area contributed by atoms with E-state index < -0.39 is 0 Å². The van der Waals surface area contributed by atoms with E-state index in [2.05, 4.69) is 34.4 Å². The van der Waals surface area contributed by atoms with Crippen molar-refractivity contribution in [3.63, 3.8) is 0 Å². The lowest BCUT2D eigenvalue weighted by atomic mass is 10.1. The minimum absolute atomic E-state index is 0.147. The molecular weight excluding hydrogens is 266 g/mol. The largest absolute Gasteiger partial charge is 0.377 e. The van der Waals surface area contributed by atoms with Gasteiger partial charge in [-0.05, 0) is 31.7 Å². The summed E-state index contributed by atoms with van der Waals surface area (Å²) in [6.07, 6.45) is 1.21. The van der Waals surface area contributed by atoms with Gasteiger partial charge in [0.1, 0.15) is 0 Å². The highest BCUT2D eigenvalue weighted by Crippen LogP contribution is 2.53. The van der Waals surface area contributed by atoms with Gasteiger partial charge in [-0.3, -0.25) is 0 Å². The fourth-order valence-corrected chi connectivity index (χ4v) is 2.46. The second kappa shape index (κ2) is 5.95. The first-order valence-corrected chi connectivity index (χ1v) is 7.40. The zero-order chi connectivity index (χ0) is 14.8. The van der Waals surface area contributed by atoms with Crippen LogP contribution in [0.2, 0.25) is 0 Å². The van der Waals surface area contributed by atoms with Gasteiger partial charge in [-0.1, -0.05) is 35.5 Å². The summed E-state index contributed by atoms with van der Waals surface area (Å²) in [6, 6.07) is 10.1. The molecule has 5 heteroatoms. The summed E-state index contributed by atoms with van der Waals surface area (Å²) in [5, 5.41) is 3.99. The van der Waals surface area contributed by atoms with Crippen molar-refractivity contribution in [1.82, 2.24) is 10.1 Å². The maximum absolute atomic E-state index is 6.01. The fourth-order valence-electron chi connectivity index (χ4n) is 2.46. The Balaban J connectivity index is 1.61. The molecule has 1 saturated carbocycles. The van der Waals surface area contributed by atoms with E-state index in [9.17, 15) is 0 Å². The van der Waals surface area contributed by atoms with E-state index in [-0.39, 0.29) is 12.1 Å². The van der Waals surface area contributed by atoms with E-state index >= 15 is 0 Å². The molecule has 3 atom stereocenters. The first-order valence-electron chi connectivity index (χ1n) is 7.40. The molecule has 3 rings (SSSR count). The van der Waals surface area contributed by atoms with Gasteiger partial charge in [0, 0.05) is 5.92 Å². The highest BCUT2D eigenvalue weighted by molar-refractivity contribution is 5.30. The Morgan fingerprint density at radius 2 is 2.05 bits per heavy atom. The molecule has 1 aliphatic carbocycles. The van der Waals surface area contributed by atoms with Crippen molar-refractivity contribution in [2.75, 3.05) is 6.61 Å². The van der Waals surface area contributed by atoms with Gasteiger partial charge >= 0.3 is 0 Å². The molecule has 112 valence electrons. The molecule has 2 aromatic rings. The maximum atomic E-state index is 6.01. The molecule has 0 amide bonds. The molecule has 3 unspecified atom stereocenters. The molecule has 1 aliphatic rings. The molecule has 21 heavy (non-hydrogen) atoms. The third-order valence-electron chi connectivity index (χ3n) is 3.73. The zero-order valence-corrected chi connectivity index (χ0v) is 12.4. The molecule has 1 aromatic carbocycles. The van der Waals surface area contributed by atoms with Gasteiger partial charge < -0.3 is 15.0 Å². The van der Waals surface area contributed by atoms with Crippen LogP contribution in [0.25, 0.3) is 0 Å². The molecule has 0 aliphatic heterocycles. The highest BCUT2D eigenvalue weighted by Gasteiger charge is 2.43. The maximum Gasteiger partial charge on any atom is 0.230 e. The quantitative estimate of drug-likeness (QED) is 0.884. The standard InChI is InChI=1S/C16H21N3O2/c1-10(2)20-9-14(17)15-18-16(21-19-15)13-8-12(13)11-6-4-3-5-7-11/h3-7,10,12-14H,8-9,17H2,1-2H3. The van der Waals surface area contributed by atoms with Crippen molar-refractivity contribution < 1.29 is 9.26 Å². The second-order valence-electron chi connectivity index (χ2n) is 5.84. The van der Waals surface area contributed by atoms with Crippen molar-refractivity contribution >= 4 is 0 Å². The van der Waals surface area contributed by atoms with Gasteiger partial charge in [0.25, 0.3) is 0 Å². The van der Waals surface area contributed by atoms with E-state index in [1.54, 1.807) is 0 Å². The Morgan fingerprint density at radius 1 is 1.29 bits per heavy atom. The van der Waals surface area contributed by atoms with Gasteiger partial charge in [-0.2, -0.15) is 4.98 Å². The summed E-state index contributed by atoms with van der Waals surface area (Å²) in [4.78, 5) is 4.44. The lowest BCUT2D eigenvalue weighted by molar-refractivity contribution is 0.0665. The summed E-state index contributed by atoms with van der Waals surface area (Å²) in [5.41, 5.74) is 7.34. The third kappa shape index (κ3) is 3.31. The molecule has 0 radical (unpaired) electrons. The minimum atomic E-state index is -0.334. The summed E-state index contributed by atoms with van der Waals surface area (Å²) < 4.78 is 10.9. The predicted molar refractivity (Wildman–Crippen MR) is 78.9 cm³/mol. The van der Waals surface area contributed by atoms with Gasteiger partial charge in [-0.15, -0.1) is 0 Å². The van der Waals surface area contributed by atoms with Gasteiger partial charge in [0.2, 0.25) is 5.89 Å². The summed E-state index contributed by atoms with van der Waals surface area (Å²) in [7, 11) is 0. The van der Waals surface area contributed by atoms with Crippen LogP contribution in [-0.4, -0.2) is 22.9 Å². The van der Waals surface area contributed by atoms with Crippen LogP contribution in [0.4, 0.5) is 0 Å².